The van der Waals surface area contributed by atoms with Gasteiger partial charge in [0.25, 0.3) is 0 Å². The quantitative estimate of drug-likeness (QED) is 0.802. The molecule has 1 aromatic carbocycles. The number of aryl methyl sites for hydroxylation is 1. The summed E-state index contributed by atoms with van der Waals surface area (Å²) in [5.74, 6) is 0.391. The fourth-order valence-corrected chi connectivity index (χ4v) is 1.89. The van der Waals surface area contributed by atoms with Crippen LogP contribution in [0.4, 0.5) is 0 Å². The average molecular weight is 233 g/mol. The smallest absolute Gasteiger partial charge is 0.220 e. The van der Waals surface area contributed by atoms with Crippen LogP contribution in [0.3, 0.4) is 0 Å². The van der Waals surface area contributed by atoms with Crippen molar-refractivity contribution in [1.29, 1.82) is 0 Å². The molecule has 94 valence electrons. The van der Waals surface area contributed by atoms with E-state index >= 15 is 0 Å². The topological polar surface area (TPSA) is 29.1 Å². The van der Waals surface area contributed by atoms with Crippen molar-refractivity contribution >= 4 is 5.91 Å². The lowest BCUT2D eigenvalue weighted by Crippen LogP contribution is -2.19. The van der Waals surface area contributed by atoms with Crippen molar-refractivity contribution in [2.24, 2.45) is 0 Å². The first kappa shape index (κ1) is 13.8. The van der Waals surface area contributed by atoms with Crippen LogP contribution in [-0.2, 0) is 11.2 Å². The summed E-state index contributed by atoms with van der Waals surface area (Å²) in [5, 5.41) is 2.67. The Bertz CT molecular complexity index is 342. The van der Waals surface area contributed by atoms with Crippen molar-refractivity contribution in [3.05, 3.63) is 35.4 Å². The molecule has 1 rings (SSSR count). The minimum Gasteiger partial charge on any atom is -0.359 e. The third-order valence-corrected chi connectivity index (χ3v) is 3.14. The zero-order valence-corrected chi connectivity index (χ0v) is 11.1. The Morgan fingerprint density at radius 1 is 1.29 bits per heavy atom. The molecule has 0 bridgehead atoms. The fraction of sp³-hybridized carbons (Fsp3) is 0.533. The SMILES string of the molecule is CCCCc1ccc(C(C)CC(=O)NC)cc1. The second-order valence-electron chi connectivity index (χ2n) is 4.62. The molecule has 0 heterocycles. The summed E-state index contributed by atoms with van der Waals surface area (Å²) in [6.07, 6.45) is 4.19. The number of benzene rings is 1. The van der Waals surface area contributed by atoms with E-state index in [0.717, 1.165) is 6.42 Å². The summed E-state index contributed by atoms with van der Waals surface area (Å²) >= 11 is 0. The lowest BCUT2D eigenvalue weighted by molar-refractivity contribution is -0.120. The standard InChI is InChI=1S/C15H23NO/c1-4-5-6-13-7-9-14(10-8-13)12(2)11-15(17)16-3/h7-10,12H,4-6,11H2,1-3H3,(H,16,17). The minimum absolute atomic E-state index is 0.104. The van der Waals surface area contributed by atoms with Gasteiger partial charge in [-0.1, -0.05) is 44.5 Å². The molecule has 2 heteroatoms. The number of unbranched alkanes of at least 4 members (excludes halogenated alkanes) is 1. The molecule has 0 aliphatic heterocycles. The summed E-state index contributed by atoms with van der Waals surface area (Å²) in [7, 11) is 1.68. The first-order chi connectivity index (χ1) is 8.17. The molecule has 1 N–H and O–H groups in total. The van der Waals surface area contributed by atoms with E-state index in [9.17, 15) is 4.79 Å². The molecule has 2 nitrogen and oxygen atoms in total. The van der Waals surface area contributed by atoms with E-state index in [0.29, 0.717) is 6.42 Å². The average Bonchev–Trinajstić information content (AvgIpc) is 2.36. The molecule has 0 radical (unpaired) electrons. The summed E-state index contributed by atoms with van der Waals surface area (Å²) in [4.78, 5) is 11.3. The highest BCUT2D eigenvalue weighted by Gasteiger charge is 2.09. The summed E-state index contributed by atoms with van der Waals surface area (Å²) in [6.45, 7) is 4.30. The van der Waals surface area contributed by atoms with Crippen molar-refractivity contribution in [1.82, 2.24) is 5.32 Å². The van der Waals surface area contributed by atoms with E-state index < -0.39 is 0 Å². The van der Waals surface area contributed by atoms with Crippen molar-refractivity contribution in [2.75, 3.05) is 7.05 Å². The molecule has 1 aromatic rings. The molecule has 1 atom stereocenters. The highest BCUT2D eigenvalue weighted by atomic mass is 16.1. The fourth-order valence-electron chi connectivity index (χ4n) is 1.89. The molecule has 0 aromatic heterocycles. The molecule has 1 amide bonds. The van der Waals surface area contributed by atoms with E-state index in [-0.39, 0.29) is 11.8 Å². The number of amides is 1. The molecule has 0 aliphatic rings. The Morgan fingerprint density at radius 2 is 1.94 bits per heavy atom. The molecule has 0 fully saturated rings. The molecule has 0 aliphatic carbocycles. The van der Waals surface area contributed by atoms with E-state index in [4.69, 9.17) is 0 Å². The van der Waals surface area contributed by atoms with Gasteiger partial charge in [0.2, 0.25) is 5.91 Å². The maximum absolute atomic E-state index is 11.3. The number of hydrogen-bond donors (Lipinski definition) is 1. The lowest BCUT2D eigenvalue weighted by Gasteiger charge is -2.11. The van der Waals surface area contributed by atoms with Crippen molar-refractivity contribution in [3.8, 4) is 0 Å². The molecule has 0 spiro atoms. The van der Waals surface area contributed by atoms with Crippen LogP contribution in [0.5, 0.6) is 0 Å². The van der Waals surface area contributed by atoms with Gasteiger partial charge in [0.1, 0.15) is 0 Å². The number of carbonyl (C=O) groups excluding carboxylic acids is 1. The highest BCUT2D eigenvalue weighted by molar-refractivity contribution is 5.76. The maximum Gasteiger partial charge on any atom is 0.220 e. The maximum atomic E-state index is 11.3. The van der Waals surface area contributed by atoms with Crippen molar-refractivity contribution in [3.63, 3.8) is 0 Å². The lowest BCUT2D eigenvalue weighted by atomic mass is 9.95. The van der Waals surface area contributed by atoms with Crippen LogP contribution in [0, 0.1) is 0 Å². The Labute approximate surface area is 104 Å². The zero-order chi connectivity index (χ0) is 12.7. The Morgan fingerprint density at radius 3 is 2.47 bits per heavy atom. The number of hydrogen-bond acceptors (Lipinski definition) is 1. The summed E-state index contributed by atoms with van der Waals surface area (Å²) in [5.41, 5.74) is 2.64. The molecular formula is C15H23NO. The van der Waals surface area contributed by atoms with Gasteiger partial charge in [-0.15, -0.1) is 0 Å². The minimum atomic E-state index is 0.104. The Kier molecular flexibility index (Phi) is 5.75. The predicted molar refractivity (Wildman–Crippen MR) is 72.2 cm³/mol. The number of nitrogens with one attached hydrogen (secondary N) is 1. The number of rotatable bonds is 6. The van der Waals surface area contributed by atoms with Crippen molar-refractivity contribution in [2.45, 2.75) is 45.4 Å². The van der Waals surface area contributed by atoms with E-state index in [1.54, 1.807) is 7.05 Å². The molecular weight excluding hydrogens is 210 g/mol. The summed E-state index contributed by atoms with van der Waals surface area (Å²) < 4.78 is 0. The van der Waals surface area contributed by atoms with Gasteiger partial charge in [-0.2, -0.15) is 0 Å². The highest BCUT2D eigenvalue weighted by Crippen LogP contribution is 2.19. The van der Waals surface area contributed by atoms with Crippen LogP contribution in [0.1, 0.15) is 50.2 Å². The molecule has 17 heavy (non-hydrogen) atoms. The molecule has 0 saturated carbocycles. The van der Waals surface area contributed by atoms with Crippen LogP contribution in [0.2, 0.25) is 0 Å². The van der Waals surface area contributed by atoms with Crippen LogP contribution < -0.4 is 5.32 Å². The van der Waals surface area contributed by atoms with E-state index in [2.05, 4.69) is 43.4 Å². The van der Waals surface area contributed by atoms with Gasteiger partial charge in [0.15, 0.2) is 0 Å². The monoisotopic (exact) mass is 233 g/mol. The molecule has 1 unspecified atom stereocenters. The first-order valence-electron chi connectivity index (χ1n) is 6.46. The van der Waals surface area contributed by atoms with Gasteiger partial charge in [-0.05, 0) is 29.9 Å². The van der Waals surface area contributed by atoms with Gasteiger partial charge in [-0.25, -0.2) is 0 Å². The van der Waals surface area contributed by atoms with Crippen LogP contribution in [0.15, 0.2) is 24.3 Å². The predicted octanol–water partition coefficient (Wildman–Crippen LogP) is 3.27. The van der Waals surface area contributed by atoms with Gasteiger partial charge >= 0.3 is 0 Å². The summed E-state index contributed by atoms with van der Waals surface area (Å²) in [6, 6.07) is 8.67. The second kappa shape index (κ2) is 7.10. The van der Waals surface area contributed by atoms with E-state index in [1.807, 2.05) is 0 Å². The van der Waals surface area contributed by atoms with Crippen molar-refractivity contribution < 1.29 is 4.79 Å². The van der Waals surface area contributed by atoms with Gasteiger partial charge < -0.3 is 5.32 Å². The van der Waals surface area contributed by atoms with Gasteiger partial charge in [-0.3, -0.25) is 4.79 Å². The normalized spacial score (nSPS) is 12.2. The first-order valence-corrected chi connectivity index (χ1v) is 6.46. The third-order valence-electron chi connectivity index (χ3n) is 3.14. The Hall–Kier alpha value is -1.31. The van der Waals surface area contributed by atoms with E-state index in [1.165, 1.54) is 24.0 Å². The molecule has 0 saturated heterocycles. The second-order valence-corrected chi connectivity index (χ2v) is 4.62. The van der Waals surface area contributed by atoms with Crippen LogP contribution in [-0.4, -0.2) is 13.0 Å². The van der Waals surface area contributed by atoms with Gasteiger partial charge in [0, 0.05) is 13.5 Å². The largest absolute Gasteiger partial charge is 0.359 e. The van der Waals surface area contributed by atoms with Crippen LogP contribution in [0.25, 0.3) is 0 Å². The van der Waals surface area contributed by atoms with Gasteiger partial charge in [0.05, 0.1) is 0 Å². The zero-order valence-electron chi connectivity index (χ0n) is 11.1. The van der Waals surface area contributed by atoms with Crippen LogP contribution >= 0.6 is 0 Å². The number of carbonyl (C=O) groups is 1. The Balaban J connectivity index is 2.57. The third kappa shape index (κ3) is 4.59.